The van der Waals surface area contributed by atoms with E-state index in [0.717, 1.165) is 18.6 Å². The van der Waals surface area contributed by atoms with E-state index in [1.165, 1.54) is 6.33 Å². The van der Waals surface area contributed by atoms with Crippen LogP contribution in [0.4, 0.5) is 5.82 Å². The molecule has 0 spiro atoms. The molecule has 0 aliphatic carbocycles. The highest BCUT2D eigenvalue weighted by atomic mass is 16.1. The summed E-state index contributed by atoms with van der Waals surface area (Å²) in [6, 6.07) is 0. The molecule has 8 heteroatoms. The van der Waals surface area contributed by atoms with Crippen LogP contribution in [0.3, 0.4) is 0 Å². The van der Waals surface area contributed by atoms with Crippen molar-refractivity contribution in [3.05, 3.63) is 35.5 Å². The van der Waals surface area contributed by atoms with Crippen molar-refractivity contribution in [3.63, 3.8) is 0 Å². The average molecular weight is 287 g/mol. The summed E-state index contributed by atoms with van der Waals surface area (Å²) in [6.07, 6.45) is 7.57. The Labute approximate surface area is 120 Å². The van der Waals surface area contributed by atoms with E-state index in [4.69, 9.17) is 5.73 Å². The van der Waals surface area contributed by atoms with Crippen LogP contribution in [0, 0.1) is 0 Å². The van der Waals surface area contributed by atoms with Gasteiger partial charge in [0.1, 0.15) is 11.8 Å². The van der Waals surface area contributed by atoms with Gasteiger partial charge in [0.15, 0.2) is 11.5 Å². The van der Waals surface area contributed by atoms with E-state index in [1.807, 2.05) is 23.9 Å². The third-order valence-corrected chi connectivity index (χ3v) is 3.49. The van der Waals surface area contributed by atoms with Crippen molar-refractivity contribution < 1.29 is 0 Å². The molecule has 0 bridgehead atoms. The van der Waals surface area contributed by atoms with Crippen LogP contribution in [-0.4, -0.2) is 28.7 Å². The minimum absolute atomic E-state index is 0.0274. The first kappa shape index (κ1) is 13.3. The first-order chi connectivity index (χ1) is 10.2. The van der Waals surface area contributed by atoms with Crippen LogP contribution in [0.15, 0.2) is 29.8 Å². The molecule has 0 aromatic carbocycles. The zero-order chi connectivity index (χ0) is 14.8. The lowest BCUT2D eigenvalue weighted by Gasteiger charge is -2.04. The maximum atomic E-state index is 11.9. The molecule has 0 fully saturated rings. The number of aromatic nitrogens is 6. The van der Waals surface area contributed by atoms with Crippen molar-refractivity contribution in [1.82, 2.24) is 28.7 Å². The molecule has 0 saturated heterocycles. The van der Waals surface area contributed by atoms with Crippen LogP contribution in [-0.2, 0) is 19.6 Å². The predicted octanol–water partition coefficient (Wildman–Crippen LogP) is 0.482. The molecular formula is C13H17N7O. The molecule has 0 unspecified atom stereocenters. The van der Waals surface area contributed by atoms with E-state index >= 15 is 0 Å². The maximum Gasteiger partial charge on any atom is 0.328 e. The van der Waals surface area contributed by atoms with E-state index in [9.17, 15) is 4.79 Å². The molecule has 110 valence electrons. The number of nitrogens with two attached hydrogens (primary N) is 1. The van der Waals surface area contributed by atoms with Crippen molar-refractivity contribution in [3.8, 4) is 0 Å². The Bertz CT molecular complexity index is 813. The van der Waals surface area contributed by atoms with Crippen molar-refractivity contribution in [2.45, 2.75) is 33.0 Å². The second kappa shape index (κ2) is 5.39. The van der Waals surface area contributed by atoms with Crippen molar-refractivity contribution in [1.29, 1.82) is 0 Å². The molecule has 21 heavy (non-hydrogen) atoms. The molecule has 0 radical (unpaired) electrons. The zero-order valence-electron chi connectivity index (χ0n) is 11.8. The first-order valence-electron chi connectivity index (χ1n) is 6.87. The largest absolute Gasteiger partial charge is 0.382 e. The quantitative estimate of drug-likeness (QED) is 0.736. The number of anilines is 1. The minimum atomic E-state index is 0.0274. The Hall–Kier alpha value is -2.64. The zero-order valence-corrected chi connectivity index (χ0v) is 11.8. The number of aryl methyl sites for hydroxylation is 3. The van der Waals surface area contributed by atoms with Crippen LogP contribution in [0.5, 0.6) is 0 Å². The van der Waals surface area contributed by atoms with Crippen molar-refractivity contribution >= 4 is 17.0 Å². The summed E-state index contributed by atoms with van der Waals surface area (Å²) in [5, 5.41) is 0. The van der Waals surface area contributed by atoms with Crippen LogP contribution < -0.4 is 11.4 Å². The summed E-state index contributed by atoms with van der Waals surface area (Å²) in [5.41, 5.74) is 7.12. The van der Waals surface area contributed by atoms with Gasteiger partial charge in [0.2, 0.25) is 0 Å². The number of fused-ring (bicyclic) bond motifs is 1. The molecule has 2 N–H and O–H groups in total. The summed E-state index contributed by atoms with van der Waals surface area (Å²) >= 11 is 0. The molecule has 0 aliphatic rings. The lowest BCUT2D eigenvalue weighted by molar-refractivity contribution is 0.547. The van der Waals surface area contributed by atoms with Gasteiger partial charge >= 0.3 is 5.69 Å². The Morgan fingerprint density at radius 3 is 2.62 bits per heavy atom. The van der Waals surface area contributed by atoms with E-state index in [2.05, 4.69) is 15.0 Å². The molecule has 8 nitrogen and oxygen atoms in total. The summed E-state index contributed by atoms with van der Waals surface area (Å²) in [5.74, 6) is 0.384. The fourth-order valence-corrected chi connectivity index (χ4v) is 2.34. The predicted molar refractivity (Wildman–Crippen MR) is 78.7 cm³/mol. The number of nitrogens with zero attached hydrogens (tertiary/aromatic N) is 6. The van der Waals surface area contributed by atoms with Gasteiger partial charge in [0.25, 0.3) is 0 Å². The number of nitrogen functional groups attached to an aromatic ring is 1. The van der Waals surface area contributed by atoms with Crippen LogP contribution >= 0.6 is 0 Å². The maximum absolute atomic E-state index is 11.9. The molecule has 0 atom stereocenters. The number of rotatable bonds is 5. The monoisotopic (exact) mass is 287 g/mol. The number of hydrogen-bond donors (Lipinski definition) is 1. The van der Waals surface area contributed by atoms with Gasteiger partial charge in [-0.3, -0.25) is 9.13 Å². The topological polar surface area (TPSA) is 96.6 Å². The fraction of sp³-hybridized carbons (Fsp3) is 0.385. The number of imidazole rings is 2. The smallest absolute Gasteiger partial charge is 0.328 e. The number of hydrogen-bond acceptors (Lipinski definition) is 5. The first-order valence-corrected chi connectivity index (χ1v) is 6.87. The molecule has 3 aromatic heterocycles. The SMILES string of the molecule is CCn1ccn(CCCn2cnc3c(N)ncnc32)c1=O. The summed E-state index contributed by atoms with van der Waals surface area (Å²) < 4.78 is 5.32. The molecule has 3 aromatic rings. The minimum Gasteiger partial charge on any atom is -0.382 e. The van der Waals surface area contributed by atoms with Gasteiger partial charge in [-0.2, -0.15) is 0 Å². The third-order valence-electron chi connectivity index (χ3n) is 3.49. The Balaban J connectivity index is 1.71. The summed E-state index contributed by atoms with van der Waals surface area (Å²) in [6.45, 7) is 4.02. The Kier molecular flexibility index (Phi) is 3.43. The highest BCUT2D eigenvalue weighted by Gasteiger charge is 2.07. The molecule has 0 saturated carbocycles. The van der Waals surface area contributed by atoms with Crippen LogP contribution in [0.1, 0.15) is 13.3 Å². The molecule has 3 heterocycles. The van der Waals surface area contributed by atoms with Gasteiger partial charge in [0.05, 0.1) is 6.33 Å². The summed E-state index contributed by atoms with van der Waals surface area (Å²) in [7, 11) is 0. The van der Waals surface area contributed by atoms with Gasteiger partial charge < -0.3 is 10.3 Å². The molecular weight excluding hydrogens is 270 g/mol. The van der Waals surface area contributed by atoms with E-state index in [-0.39, 0.29) is 5.69 Å². The highest BCUT2D eigenvalue weighted by molar-refractivity contribution is 5.80. The summed E-state index contributed by atoms with van der Waals surface area (Å²) in [4.78, 5) is 24.3. The van der Waals surface area contributed by atoms with Gasteiger partial charge in [-0.15, -0.1) is 0 Å². The van der Waals surface area contributed by atoms with Crippen LogP contribution in [0.2, 0.25) is 0 Å². The normalized spacial score (nSPS) is 11.3. The van der Waals surface area contributed by atoms with E-state index < -0.39 is 0 Å². The van der Waals surface area contributed by atoms with Crippen LogP contribution in [0.25, 0.3) is 11.2 Å². The van der Waals surface area contributed by atoms with Gasteiger partial charge in [0, 0.05) is 32.0 Å². The molecule has 0 aliphatic heterocycles. The standard InChI is InChI=1S/C13H17N7O/c1-2-18-6-7-19(13(18)21)4-3-5-20-9-17-10-11(14)15-8-16-12(10)20/h6-9H,2-5H2,1H3,(H2,14,15,16). The van der Waals surface area contributed by atoms with Crippen molar-refractivity contribution in [2.24, 2.45) is 0 Å². The fourth-order valence-electron chi connectivity index (χ4n) is 2.34. The van der Waals surface area contributed by atoms with E-state index in [1.54, 1.807) is 15.5 Å². The Morgan fingerprint density at radius 1 is 1.10 bits per heavy atom. The average Bonchev–Trinajstić information content (AvgIpc) is 3.05. The molecule has 3 rings (SSSR count). The lowest BCUT2D eigenvalue weighted by atomic mass is 10.4. The van der Waals surface area contributed by atoms with E-state index in [0.29, 0.717) is 24.4 Å². The van der Waals surface area contributed by atoms with Crippen molar-refractivity contribution in [2.75, 3.05) is 5.73 Å². The third kappa shape index (κ3) is 2.39. The van der Waals surface area contributed by atoms with Gasteiger partial charge in [-0.1, -0.05) is 0 Å². The second-order valence-electron chi connectivity index (χ2n) is 4.78. The Morgan fingerprint density at radius 2 is 1.86 bits per heavy atom. The van der Waals surface area contributed by atoms with Gasteiger partial charge in [-0.25, -0.2) is 19.7 Å². The lowest BCUT2D eigenvalue weighted by Crippen LogP contribution is -2.23. The van der Waals surface area contributed by atoms with Gasteiger partial charge in [-0.05, 0) is 13.3 Å². The highest BCUT2D eigenvalue weighted by Crippen LogP contribution is 2.14. The second-order valence-corrected chi connectivity index (χ2v) is 4.78. The molecule has 0 amide bonds.